The van der Waals surface area contributed by atoms with Gasteiger partial charge in [0.05, 0.1) is 0 Å². The summed E-state index contributed by atoms with van der Waals surface area (Å²) in [7, 11) is 0. The van der Waals surface area contributed by atoms with Gasteiger partial charge in [-0.05, 0) is 26.2 Å². The summed E-state index contributed by atoms with van der Waals surface area (Å²) in [4.78, 5) is 10.6. The molecule has 0 saturated carbocycles. The summed E-state index contributed by atoms with van der Waals surface area (Å²) < 4.78 is 12.9. The van der Waals surface area contributed by atoms with E-state index in [2.05, 4.69) is 0 Å². The summed E-state index contributed by atoms with van der Waals surface area (Å²) in [5.74, 6) is -0.661. The number of carbonyl (C=O) groups is 1. The van der Waals surface area contributed by atoms with Crippen LogP contribution in [0.1, 0.15) is 27.2 Å². The van der Waals surface area contributed by atoms with Crippen molar-refractivity contribution in [3.05, 3.63) is 0 Å². The fourth-order valence-electron chi connectivity index (χ4n) is 1.11. The highest BCUT2D eigenvalue weighted by atomic mass is 19.1. The zero-order chi connectivity index (χ0) is 9.02. The average Bonchev–Trinajstić information content (AvgIpc) is 1.84. The maximum Gasteiger partial charge on any atom is 0.164 e. The minimum Gasteiger partial charge on any atom is -0.328 e. The van der Waals surface area contributed by atoms with Gasteiger partial charge >= 0.3 is 0 Å². The van der Waals surface area contributed by atoms with E-state index in [1.165, 1.54) is 6.92 Å². The van der Waals surface area contributed by atoms with E-state index in [0.717, 1.165) is 0 Å². The molecule has 0 aromatic heterocycles. The summed E-state index contributed by atoms with van der Waals surface area (Å²) in [5, 5.41) is 0. The first kappa shape index (κ1) is 10.6. The molecule has 0 aromatic rings. The summed E-state index contributed by atoms with van der Waals surface area (Å²) in [5.41, 5.74) is 5.45. The molecule has 0 aliphatic rings. The van der Waals surface area contributed by atoms with Gasteiger partial charge in [0.1, 0.15) is 0 Å². The van der Waals surface area contributed by atoms with Gasteiger partial charge in [-0.2, -0.15) is 0 Å². The van der Waals surface area contributed by atoms with Crippen LogP contribution >= 0.6 is 0 Å². The van der Waals surface area contributed by atoms with E-state index in [4.69, 9.17) is 5.73 Å². The number of halogens is 1. The summed E-state index contributed by atoms with van der Waals surface area (Å²) in [6.45, 7) is 4.78. The molecule has 0 heterocycles. The third-order valence-electron chi connectivity index (χ3n) is 1.63. The van der Waals surface area contributed by atoms with Crippen LogP contribution in [0.2, 0.25) is 0 Å². The van der Waals surface area contributed by atoms with Crippen molar-refractivity contribution < 1.29 is 9.18 Å². The number of carbonyl (C=O) groups excluding carboxylic acids is 1. The van der Waals surface area contributed by atoms with E-state index < -0.39 is 12.0 Å². The second-order valence-corrected chi connectivity index (χ2v) is 3.20. The van der Waals surface area contributed by atoms with Gasteiger partial charge in [-0.15, -0.1) is 0 Å². The molecule has 3 unspecified atom stereocenters. The van der Waals surface area contributed by atoms with Crippen molar-refractivity contribution in [2.45, 2.75) is 39.4 Å². The quantitative estimate of drug-likeness (QED) is 0.675. The van der Waals surface area contributed by atoms with Gasteiger partial charge in [-0.1, -0.05) is 6.92 Å². The Morgan fingerprint density at radius 2 is 2.00 bits per heavy atom. The van der Waals surface area contributed by atoms with Crippen LogP contribution in [0.3, 0.4) is 0 Å². The van der Waals surface area contributed by atoms with E-state index in [1.807, 2.05) is 6.92 Å². The second kappa shape index (κ2) is 4.44. The van der Waals surface area contributed by atoms with Crippen molar-refractivity contribution in [2.75, 3.05) is 0 Å². The van der Waals surface area contributed by atoms with Crippen LogP contribution in [0.15, 0.2) is 0 Å². The Hall–Kier alpha value is -0.440. The molecular formula is C8H16FNO. The third kappa shape index (κ3) is 4.09. The second-order valence-electron chi connectivity index (χ2n) is 3.20. The van der Waals surface area contributed by atoms with E-state index in [-0.39, 0.29) is 12.0 Å². The number of ketones is 1. The zero-order valence-corrected chi connectivity index (χ0v) is 7.30. The van der Waals surface area contributed by atoms with Crippen molar-refractivity contribution in [3.63, 3.8) is 0 Å². The monoisotopic (exact) mass is 161 g/mol. The van der Waals surface area contributed by atoms with Gasteiger partial charge in [0.2, 0.25) is 0 Å². The van der Waals surface area contributed by atoms with Crippen LogP contribution in [0.25, 0.3) is 0 Å². The van der Waals surface area contributed by atoms with Crippen molar-refractivity contribution in [1.29, 1.82) is 0 Å². The molecule has 0 aromatic carbocycles. The fourth-order valence-corrected chi connectivity index (χ4v) is 1.11. The Morgan fingerprint density at radius 3 is 2.27 bits per heavy atom. The Morgan fingerprint density at radius 1 is 1.55 bits per heavy atom. The van der Waals surface area contributed by atoms with Crippen molar-refractivity contribution in [3.8, 4) is 0 Å². The van der Waals surface area contributed by atoms with Crippen LogP contribution < -0.4 is 5.73 Å². The first-order chi connectivity index (χ1) is 4.95. The van der Waals surface area contributed by atoms with Gasteiger partial charge in [0.15, 0.2) is 12.0 Å². The molecule has 3 atom stereocenters. The number of alkyl halides is 1. The molecular weight excluding hydrogens is 145 g/mol. The molecule has 0 spiro atoms. The van der Waals surface area contributed by atoms with Crippen LogP contribution in [0.4, 0.5) is 4.39 Å². The Labute approximate surface area is 67.0 Å². The minimum atomic E-state index is -1.35. The van der Waals surface area contributed by atoms with Crippen LogP contribution in [-0.4, -0.2) is 18.0 Å². The highest BCUT2D eigenvalue weighted by Crippen LogP contribution is 2.13. The maximum absolute atomic E-state index is 12.9. The van der Waals surface area contributed by atoms with Gasteiger partial charge in [-0.3, -0.25) is 4.79 Å². The summed E-state index contributed by atoms with van der Waals surface area (Å²) >= 11 is 0. The lowest BCUT2D eigenvalue weighted by atomic mass is 9.96. The SMILES string of the molecule is CC(=O)C(F)C(C)CC(C)N. The van der Waals surface area contributed by atoms with Gasteiger partial charge < -0.3 is 5.73 Å². The molecule has 2 N–H and O–H groups in total. The first-order valence-electron chi connectivity index (χ1n) is 3.85. The van der Waals surface area contributed by atoms with Gasteiger partial charge in [-0.25, -0.2) is 4.39 Å². The third-order valence-corrected chi connectivity index (χ3v) is 1.63. The lowest BCUT2D eigenvalue weighted by molar-refractivity contribution is -0.123. The number of hydrogen-bond acceptors (Lipinski definition) is 2. The van der Waals surface area contributed by atoms with Gasteiger partial charge in [0, 0.05) is 6.04 Å². The molecule has 0 rings (SSSR count). The summed E-state index contributed by atoms with van der Waals surface area (Å²) in [6.07, 6.45) is -0.790. The molecule has 0 saturated heterocycles. The maximum atomic E-state index is 12.9. The lowest BCUT2D eigenvalue weighted by Crippen LogP contribution is -2.27. The molecule has 0 aliphatic carbocycles. The molecule has 0 amide bonds. The normalized spacial score (nSPS) is 19.0. The molecule has 66 valence electrons. The predicted molar refractivity (Wildman–Crippen MR) is 43.0 cm³/mol. The number of rotatable bonds is 4. The van der Waals surface area contributed by atoms with E-state index in [1.54, 1.807) is 6.92 Å². The molecule has 0 fully saturated rings. The largest absolute Gasteiger partial charge is 0.328 e. The Bertz CT molecular complexity index is 136. The number of hydrogen-bond donors (Lipinski definition) is 1. The molecule has 0 radical (unpaired) electrons. The lowest BCUT2D eigenvalue weighted by Gasteiger charge is -2.15. The Kier molecular flexibility index (Phi) is 4.26. The number of Topliss-reactive ketones (excluding diaryl/α,β-unsaturated/α-hetero) is 1. The molecule has 0 bridgehead atoms. The van der Waals surface area contributed by atoms with Gasteiger partial charge in [0.25, 0.3) is 0 Å². The molecule has 0 aliphatic heterocycles. The number of nitrogens with two attached hydrogens (primary N) is 1. The molecule has 2 nitrogen and oxygen atoms in total. The fraction of sp³-hybridized carbons (Fsp3) is 0.875. The minimum absolute atomic E-state index is 0.0393. The smallest absolute Gasteiger partial charge is 0.164 e. The van der Waals surface area contributed by atoms with E-state index >= 15 is 0 Å². The van der Waals surface area contributed by atoms with Crippen molar-refractivity contribution >= 4 is 5.78 Å². The van der Waals surface area contributed by atoms with Crippen LogP contribution in [-0.2, 0) is 4.79 Å². The topological polar surface area (TPSA) is 43.1 Å². The molecule has 3 heteroatoms. The Balaban J connectivity index is 3.82. The van der Waals surface area contributed by atoms with Crippen molar-refractivity contribution in [1.82, 2.24) is 0 Å². The van der Waals surface area contributed by atoms with Crippen LogP contribution in [0, 0.1) is 5.92 Å². The van der Waals surface area contributed by atoms with E-state index in [9.17, 15) is 9.18 Å². The highest BCUT2D eigenvalue weighted by Gasteiger charge is 2.21. The standard InChI is InChI=1S/C8H16FNO/c1-5(4-6(2)10)8(9)7(3)11/h5-6,8H,4,10H2,1-3H3. The first-order valence-corrected chi connectivity index (χ1v) is 3.85. The summed E-state index contributed by atoms with van der Waals surface area (Å²) in [6, 6.07) is -0.0393. The van der Waals surface area contributed by atoms with Crippen molar-refractivity contribution in [2.24, 2.45) is 11.7 Å². The molecule has 11 heavy (non-hydrogen) atoms. The highest BCUT2D eigenvalue weighted by molar-refractivity contribution is 5.80. The zero-order valence-electron chi connectivity index (χ0n) is 7.30. The van der Waals surface area contributed by atoms with E-state index in [0.29, 0.717) is 6.42 Å². The predicted octanol–water partition coefficient (Wildman–Crippen LogP) is 1.29. The average molecular weight is 161 g/mol. The van der Waals surface area contributed by atoms with Crippen LogP contribution in [0.5, 0.6) is 0 Å².